The number of anilines is 2. The lowest BCUT2D eigenvalue weighted by atomic mass is 10.2. The third kappa shape index (κ3) is 5.82. The molecule has 0 aromatic heterocycles. The number of hydrogen-bond donors (Lipinski definition) is 2. The number of nitrogens with one attached hydrogen (secondary N) is 2. The zero-order chi connectivity index (χ0) is 20.8. The first-order valence-corrected chi connectivity index (χ1v) is 9.91. The van der Waals surface area contributed by atoms with Crippen LogP contribution in [0.1, 0.15) is 6.42 Å². The van der Waals surface area contributed by atoms with Crippen LogP contribution in [0.3, 0.4) is 0 Å². The zero-order valence-electron chi connectivity index (χ0n) is 15.4. The molecular weight excluding hydrogens is 417 g/mol. The van der Waals surface area contributed by atoms with Crippen molar-refractivity contribution in [2.75, 3.05) is 23.5 Å². The van der Waals surface area contributed by atoms with E-state index in [1.165, 1.54) is 31.0 Å². The number of methoxy groups -OCH3 is 1. The molecule has 9 heteroatoms. The predicted molar refractivity (Wildman–Crippen MR) is 114 cm³/mol. The van der Waals surface area contributed by atoms with Crippen molar-refractivity contribution in [2.45, 2.75) is 6.42 Å². The number of hydrogen-bond acceptors (Lipinski definition) is 6. The molecule has 1 aliphatic heterocycles. The van der Waals surface area contributed by atoms with Gasteiger partial charge in [0.1, 0.15) is 5.82 Å². The minimum Gasteiger partial charge on any atom is -0.469 e. The molecule has 0 bridgehead atoms. The smallest absolute Gasteiger partial charge is 0.311 e. The van der Waals surface area contributed by atoms with Gasteiger partial charge in [-0.2, -0.15) is 0 Å². The SMILES string of the molecule is COC(=O)CC1=CC(SCC(=O)Nc2ccc(F)cc2Cl)=Nc2ccccc2N1. The van der Waals surface area contributed by atoms with E-state index < -0.39 is 11.8 Å². The second kappa shape index (κ2) is 9.58. The van der Waals surface area contributed by atoms with Gasteiger partial charge in [-0.25, -0.2) is 9.38 Å². The number of carbonyl (C=O) groups excluding carboxylic acids is 2. The lowest BCUT2D eigenvalue weighted by molar-refractivity contribution is -0.139. The van der Waals surface area contributed by atoms with E-state index in [2.05, 4.69) is 15.6 Å². The van der Waals surface area contributed by atoms with Crippen molar-refractivity contribution >= 4 is 57.3 Å². The van der Waals surface area contributed by atoms with Gasteiger partial charge in [-0.15, -0.1) is 0 Å². The normalized spacial score (nSPS) is 12.7. The second-order valence-electron chi connectivity index (χ2n) is 5.98. The van der Waals surface area contributed by atoms with Gasteiger partial charge in [-0.1, -0.05) is 35.5 Å². The van der Waals surface area contributed by atoms with Crippen molar-refractivity contribution in [3.8, 4) is 0 Å². The summed E-state index contributed by atoms with van der Waals surface area (Å²) >= 11 is 7.14. The summed E-state index contributed by atoms with van der Waals surface area (Å²) in [6.45, 7) is 0. The summed E-state index contributed by atoms with van der Waals surface area (Å²) < 4.78 is 17.9. The molecule has 1 amide bonds. The summed E-state index contributed by atoms with van der Waals surface area (Å²) in [6, 6.07) is 11.1. The Balaban J connectivity index is 1.73. The van der Waals surface area contributed by atoms with E-state index in [9.17, 15) is 14.0 Å². The van der Waals surface area contributed by atoms with Gasteiger partial charge in [0, 0.05) is 5.70 Å². The molecule has 0 saturated carbocycles. The molecule has 0 radical (unpaired) electrons. The molecule has 0 spiro atoms. The number of carbonyl (C=O) groups is 2. The average molecular weight is 434 g/mol. The van der Waals surface area contributed by atoms with Crippen molar-refractivity contribution in [3.05, 3.63) is 65.1 Å². The number of para-hydroxylation sites is 2. The standard InChI is InChI=1S/C20H17ClFN3O3S/c1-28-20(27)10-13-9-19(25-17-5-3-2-4-16(17)23-13)29-11-18(26)24-15-7-6-12(22)8-14(15)21/h2-9,23H,10-11H2,1H3,(H,24,26). The Hall–Kier alpha value is -2.84. The van der Waals surface area contributed by atoms with Crippen molar-refractivity contribution in [2.24, 2.45) is 4.99 Å². The van der Waals surface area contributed by atoms with Crippen LogP contribution in [-0.4, -0.2) is 29.8 Å². The fourth-order valence-corrected chi connectivity index (χ4v) is 3.45. The molecule has 0 aliphatic carbocycles. The highest BCUT2D eigenvalue weighted by Gasteiger charge is 2.15. The molecule has 3 rings (SSSR count). The van der Waals surface area contributed by atoms with Crippen LogP contribution < -0.4 is 10.6 Å². The van der Waals surface area contributed by atoms with Gasteiger partial charge in [0.2, 0.25) is 5.91 Å². The van der Waals surface area contributed by atoms with Crippen LogP contribution in [0.4, 0.5) is 21.5 Å². The summed E-state index contributed by atoms with van der Waals surface area (Å²) in [5, 5.41) is 6.49. The highest BCUT2D eigenvalue weighted by molar-refractivity contribution is 8.14. The van der Waals surface area contributed by atoms with E-state index in [1.807, 2.05) is 24.3 Å². The fraction of sp³-hybridized carbons (Fsp3) is 0.150. The highest BCUT2D eigenvalue weighted by Crippen LogP contribution is 2.31. The molecule has 0 fully saturated rings. The molecule has 6 nitrogen and oxygen atoms in total. The van der Waals surface area contributed by atoms with Crippen molar-refractivity contribution in [1.82, 2.24) is 0 Å². The van der Waals surface area contributed by atoms with Crippen molar-refractivity contribution in [1.29, 1.82) is 0 Å². The number of rotatable bonds is 5. The highest BCUT2D eigenvalue weighted by atomic mass is 35.5. The van der Waals surface area contributed by atoms with E-state index in [0.717, 1.165) is 11.8 Å². The Bertz CT molecular complexity index is 1010. The molecular formula is C20H17ClFN3O3S. The molecule has 0 unspecified atom stereocenters. The number of amides is 1. The quantitative estimate of drug-likeness (QED) is 0.665. The number of halogens is 2. The van der Waals surface area contributed by atoms with Crippen LogP contribution in [0.2, 0.25) is 5.02 Å². The monoisotopic (exact) mass is 433 g/mol. The van der Waals surface area contributed by atoms with Gasteiger partial charge in [0.05, 0.1) is 46.4 Å². The number of fused-ring (bicyclic) bond motifs is 1. The fourth-order valence-electron chi connectivity index (χ4n) is 2.50. The summed E-state index contributed by atoms with van der Waals surface area (Å²) in [5.41, 5.74) is 2.37. The first kappa shape index (κ1) is 20.9. The molecule has 2 aromatic carbocycles. The zero-order valence-corrected chi connectivity index (χ0v) is 16.9. The number of thioether (sulfide) groups is 1. The molecule has 1 heterocycles. The molecule has 29 heavy (non-hydrogen) atoms. The Kier molecular flexibility index (Phi) is 6.90. The maximum Gasteiger partial charge on any atom is 0.311 e. The van der Waals surface area contributed by atoms with Gasteiger partial charge in [-0.3, -0.25) is 9.59 Å². The lowest BCUT2D eigenvalue weighted by Crippen LogP contribution is -2.15. The van der Waals surface area contributed by atoms with Gasteiger partial charge >= 0.3 is 5.97 Å². The number of aliphatic imine (C=N–C) groups is 1. The topological polar surface area (TPSA) is 79.8 Å². The molecule has 0 atom stereocenters. The third-order valence-corrected chi connectivity index (χ3v) is 5.07. The third-order valence-electron chi connectivity index (χ3n) is 3.85. The summed E-state index contributed by atoms with van der Waals surface area (Å²) in [6.07, 6.45) is 1.75. The van der Waals surface area contributed by atoms with E-state index >= 15 is 0 Å². The molecule has 2 N–H and O–H groups in total. The van der Waals surface area contributed by atoms with Crippen molar-refractivity contribution in [3.63, 3.8) is 0 Å². The maximum atomic E-state index is 13.1. The average Bonchev–Trinajstić information content (AvgIpc) is 2.87. The number of benzene rings is 2. The minimum absolute atomic E-state index is 0.0435. The van der Waals surface area contributed by atoms with E-state index in [1.54, 1.807) is 6.08 Å². The van der Waals surface area contributed by atoms with Crippen LogP contribution >= 0.6 is 23.4 Å². The molecule has 150 valence electrons. The molecule has 0 saturated heterocycles. The minimum atomic E-state index is -0.482. The van der Waals surface area contributed by atoms with Gasteiger partial charge in [-0.05, 0) is 36.4 Å². The predicted octanol–water partition coefficient (Wildman–Crippen LogP) is 4.75. The number of nitrogens with zero attached hydrogens (tertiary/aromatic N) is 1. The Morgan fingerprint density at radius 3 is 2.83 bits per heavy atom. The van der Waals surface area contributed by atoms with Gasteiger partial charge < -0.3 is 15.4 Å². The van der Waals surface area contributed by atoms with E-state index in [-0.39, 0.29) is 23.1 Å². The molecule has 1 aliphatic rings. The summed E-state index contributed by atoms with van der Waals surface area (Å²) in [4.78, 5) is 28.5. The molecule has 2 aromatic rings. The second-order valence-corrected chi connectivity index (χ2v) is 7.38. The van der Waals surface area contributed by atoms with Crippen LogP contribution in [0.5, 0.6) is 0 Å². The van der Waals surface area contributed by atoms with Crippen LogP contribution in [0.25, 0.3) is 0 Å². The van der Waals surface area contributed by atoms with Crippen LogP contribution in [-0.2, 0) is 14.3 Å². The van der Waals surface area contributed by atoms with Crippen molar-refractivity contribution < 1.29 is 18.7 Å². The largest absolute Gasteiger partial charge is 0.469 e. The summed E-state index contributed by atoms with van der Waals surface area (Å²) in [5.74, 6) is -1.14. The van der Waals surface area contributed by atoms with Crippen LogP contribution in [0, 0.1) is 5.82 Å². The van der Waals surface area contributed by atoms with E-state index in [0.29, 0.717) is 22.1 Å². The number of ether oxygens (including phenoxy) is 1. The van der Waals surface area contributed by atoms with E-state index in [4.69, 9.17) is 16.3 Å². The first-order valence-electron chi connectivity index (χ1n) is 8.54. The number of esters is 1. The first-order chi connectivity index (χ1) is 13.9. The Morgan fingerprint density at radius 1 is 1.28 bits per heavy atom. The van der Waals surface area contributed by atoms with Gasteiger partial charge in [0.15, 0.2) is 0 Å². The Morgan fingerprint density at radius 2 is 2.07 bits per heavy atom. The Labute approximate surface area is 176 Å². The van der Waals surface area contributed by atoms with Gasteiger partial charge in [0.25, 0.3) is 0 Å². The lowest BCUT2D eigenvalue weighted by Gasteiger charge is -2.09. The maximum absolute atomic E-state index is 13.1. The van der Waals surface area contributed by atoms with Crippen LogP contribution in [0.15, 0.2) is 59.2 Å². The summed E-state index contributed by atoms with van der Waals surface area (Å²) in [7, 11) is 1.32.